The minimum atomic E-state index is -4.61. The molecule has 1 unspecified atom stereocenters. The van der Waals surface area contributed by atoms with E-state index < -0.39 is 41.2 Å². The molecule has 1 aliphatic carbocycles. The van der Waals surface area contributed by atoms with E-state index in [1.807, 2.05) is 32.0 Å². The Bertz CT molecular complexity index is 2890. The first-order chi connectivity index (χ1) is 31.5. The summed E-state index contributed by atoms with van der Waals surface area (Å²) in [5.74, 6) is 0.504. The highest BCUT2D eigenvalue weighted by Crippen LogP contribution is 2.43. The molecule has 3 aromatic carbocycles. The van der Waals surface area contributed by atoms with Gasteiger partial charge in [-0.2, -0.15) is 0 Å². The zero-order chi connectivity index (χ0) is 46.8. The summed E-state index contributed by atoms with van der Waals surface area (Å²) in [7, 11) is -6.84. The number of nitro benzene ring substituents is 1. The molecule has 3 N–H and O–H groups in total. The number of benzene rings is 3. The van der Waals surface area contributed by atoms with Gasteiger partial charge in [0.2, 0.25) is 0 Å². The number of hydrogen-bond acceptors (Lipinski definition) is 12. The molecule has 18 heteroatoms. The lowest BCUT2D eigenvalue weighted by Crippen LogP contribution is -2.47. The van der Waals surface area contributed by atoms with Crippen molar-refractivity contribution in [3.63, 3.8) is 0 Å². The summed E-state index contributed by atoms with van der Waals surface area (Å²) >= 11 is 6.25. The van der Waals surface area contributed by atoms with E-state index >= 15 is 0 Å². The first kappa shape index (κ1) is 47.0. The second-order valence-corrected chi connectivity index (χ2v) is 23.1. The Morgan fingerprint density at radius 3 is 2.52 bits per heavy atom. The average molecular weight is 958 g/mol. The molecule has 5 aromatic rings. The highest BCUT2D eigenvalue weighted by atomic mass is 35.5. The number of amides is 1. The number of fused-ring (bicyclic) bond motifs is 1. The number of carbonyl (C=O) groups excluding carboxylic acids is 1. The summed E-state index contributed by atoms with van der Waals surface area (Å²) in [6, 6.07) is 20.1. The van der Waals surface area contributed by atoms with E-state index in [9.17, 15) is 27.5 Å². The number of rotatable bonds is 14. The van der Waals surface area contributed by atoms with Gasteiger partial charge < -0.3 is 19.9 Å². The molecular weight excluding hydrogens is 900 g/mol. The lowest BCUT2D eigenvalue weighted by Gasteiger charge is -2.39. The number of allylic oxidation sites excluding steroid dienone is 1. The SMILES string of the molecule is CCN=S1(=O)CCC(C(C)Nc2ccc(S(=O)(=O)NC(=O)c3ccc(N4CCN(CC5=C(c6ccc(Cl)cc6)CC(C)(C)CC5)CC4)cc3Oc3cnc4[nH]ccc4c3)cc2[N+](=O)[O-])CC1. The maximum Gasteiger partial charge on any atom is 0.293 e. The van der Waals surface area contributed by atoms with Gasteiger partial charge in [-0.25, -0.2) is 26.7 Å². The van der Waals surface area contributed by atoms with E-state index in [-0.39, 0.29) is 34.4 Å². The summed E-state index contributed by atoms with van der Waals surface area (Å²) < 4.78 is 53.3. The summed E-state index contributed by atoms with van der Waals surface area (Å²) in [5.41, 5.74) is 5.38. The Hall–Kier alpha value is -5.49. The van der Waals surface area contributed by atoms with Crippen molar-refractivity contribution in [2.45, 2.75) is 70.7 Å². The minimum absolute atomic E-state index is 0.0539. The monoisotopic (exact) mass is 956 g/mol. The van der Waals surface area contributed by atoms with Gasteiger partial charge in [-0.05, 0) is 117 Å². The highest BCUT2D eigenvalue weighted by Gasteiger charge is 2.32. The van der Waals surface area contributed by atoms with Crippen molar-refractivity contribution in [3.05, 3.63) is 117 Å². The van der Waals surface area contributed by atoms with E-state index in [2.05, 4.69) is 60.1 Å². The van der Waals surface area contributed by atoms with Gasteiger partial charge >= 0.3 is 0 Å². The molecule has 2 saturated heterocycles. The third kappa shape index (κ3) is 10.9. The lowest BCUT2D eigenvalue weighted by atomic mass is 9.72. The number of aromatic nitrogens is 2. The molecule has 1 amide bonds. The first-order valence-electron chi connectivity index (χ1n) is 22.5. The van der Waals surface area contributed by atoms with Crippen molar-refractivity contribution in [1.82, 2.24) is 19.6 Å². The molecule has 15 nitrogen and oxygen atoms in total. The van der Waals surface area contributed by atoms with Gasteiger partial charge in [0.15, 0.2) is 0 Å². The van der Waals surface area contributed by atoms with Gasteiger partial charge in [0, 0.05) is 101 Å². The Balaban J connectivity index is 0.993. The number of nitrogens with zero attached hydrogens (tertiary/aromatic N) is 5. The van der Waals surface area contributed by atoms with Crippen LogP contribution in [-0.2, 0) is 19.8 Å². The molecule has 66 heavy (non-hydrogen) atoms. The number of halogens is 1. The predicted octanol–water partition coefficient (Wildman–Crippen LogP) is 9.52. The van der Waals surface area contributed by atoms with Crippen LogP contribution in [0.2, 0.25) is 5.02 Å². The molecule has 0 radical (unpaired) electrons. The van der Waals surface area contributed by atoms with Crippen LogP contribution in [0.25, 0.3) is 16.6 Å². The van der Waals surface area contributed by atoms with E-state index in [4.69, 9.17) is 16.3 Å². The van der Waals surface area contributed by atoms with Gasteiger partial charge in [-0.15, -0.1) is 0 Å². The zero-order valence-corrected chi connectivity index (χ0v) is 40.1. The predicted molar refractivity (Wildman–Crippen MR) is 262 cm³/mol. The summed E-state index contributed by atoms with van der Waals surface area (Å²) in [6.45, 7) is 12.8. The number of nitrogens with one attached hydrogen (secondary N) is 3. The second-order valence-electron chi connectivity index (χ2n) is 18.3. The molecule has 2 aromatic heterocycles. The fourth-order valence-electron chi connectivity index (χ4n) is 9.31. The Morgan fingerprint density at radius 1 is 1.06 bits per heavy atom. The topological polar surface area (TPSA) is 192 Å². The molecule has 0 bridgehead atoms. The number of piperazine rings is 1. The number of anilines is 2. The van der Waals surface area contributed by atoms with E-state index in [1.165, 1.54) is 41.1 Å². The third-order valence-corrected chi connectivity index (χ3v) is 17.2. The van der Waals surface area contributed by atoms with Gasteiger partial charge in [0.25, 0.3) is 21.6 Å². The van der Waals surface area contributed by atoms with E-state index in [0.717, 1.165) is 61.1 Å². The van der Waals surface area contributed by atoms with Crippen molar-refractivity contribution in [2.75, 3.05) is 61.0 Å². The Morgan fingerprint density at radius 2 is 1.80 bits per heavy atom. The van der Waals surface area contributed by atoms with Gasteiger partial charge in [0.1, 0.15) is 22.8 Å². The molecule has 0 saturated carbocycles. The fraction of sp³-hybridized carbons (Fsp3) is 0.417. The maximum atomic E-state index is 14.0. The smallest absolute Gasteiger partial charge is 0.293 e. The Labute approximate surface area is 391 Å². The van der Waals surface area contributed by atoms with Crippen LogP contribution in [0, 0.1) is 21.4 Å². The Kier molecular flexibility index (Phi) is 13.8. The van der Waals surface area contributed by atoms with Crippen molar-refractivity contribution in [1.29, 1.82) is 0 Å². The third-order valence-electron chi connectivity index (χ3n) is 13.1. The number of nitro groups is 1. The van der Waals surface area contributed by atoms with Crippen LogP contribution >= 0.6 is 11.6 Å². The fourth-order valence-corrected chi connectivity index (χ4v) is 12.7. The average Bonchev–Trinajstić information content (AvgIpc) is 3.76. The molecular formula is C48H57ClN8O7S2. The van der Waals surface area contributed by atoms with Crippen molar-refractivity contribution in [2.24, 2.45) is 15.7 Å². The molecule has 8 rings (SSSR count). The summed E-state index contributed by atoms with van der Waals surface area (Å²) in [4.78, 5) is 37.4. The molecule has 1 atom stereocenters. The number of ether oxygens (including phenoxy) is 1. The molecule has 2 aliphatic heterocycles. The van der Waals surface area contributed by atoms with Crippen molar-refractivity contribution >= 4 is 70.9 Å². The zero-order valence-electron chi connectivity index (χ0n) is 37.7. The van der Waals surface area contributed by atoms with E-state index in [1.54, 1.807) is 24.4 Å². The number of pyridine rings is 1. The van der Waals surface area contributed by atoms with Crippen LogP contribution in [0.5, 0.6) is 11.5 Å². The molecule has 2 fully saturated rings. The first-order valence-corrected chi connectivity index (χ1v) is 26.2. The number of hydrogen-bond donors (Lipinski definition) is 3. The van der Waals surface area contributed by atoms with Crippen LogP contribution < -0.4 is 19.7 Å². The van der Waals surface area contributed by atoms with Crippen LogP contribution in [-0.4, -0.2) is 95.1 Å². The summed E-state index contributed by atoms with van der Waals surface area (Å²) in [6.07, 6.45) is 7.74. The van der Waals surface area contributed by atoms with Gasteiger partial charge in [-0.1, -0.05) is 43.2 Å². The number of aromatic amines is 1. The molecule has 3 aliphatic rings. The van der Waals surface area contributed by atoms with Gasteiger partial charge in [-0.3, -0.25) is 19.8 Å². The van der Waals surface area contributed by atoms with Crippen LogP contribution in [0.15, 0.2) is 100 Å². The van der Waals surface area contributed by atoms with E-state index in [0.29, 0.717) is 55.4 Å². The lowest BCUT2D eigenvalue weighted by molar-refractivity contribution is -0.384. The number of sulfonamides is 1. The molecule has 0 spiro atoms. The molecule has 350 valence electrons. The molecule has 4 heterocycles. The normalized spacial score (nSPS) is 20.7. The number of H-pyrrole nitrogens is 1. The minimum Gasteiger partial charge on any atom is -0.455 e. The second kappa shape index (κ2) is 19.4. The quantitative estimate of drug-likeness (QED) is 0.0709. The van der Waals surface area contributed by atoms with Crippen LogP contribution in [0.4, 0.5) is 17.1 Å². The number of carbonyl (C=O) groups is 1. The van der Waals surface area contributed by atoms with Crippen molar-refractivity contribution < 1.29 is 27.1 Å². The van der Waals surface area contributed by atoms with Crippen LogP contribution in [0.1, 0.15) is 75.7 Å². The van der Waals surface area contributed by atoms with Gasteiger partial charge in [0.05, 0.1) is 21.6 Å². The largest absolute Gasteiger partial charge is 0.455 e. The maximum absolute atomic E-state index is 14.0. The standard InChI is InChI=1S/C48H57ClN8O7S2/c1-5-52-65(61)24-16-33(17-25-65)32(2)53-43-13-11-40(28-44(43)57(59)60)66(62,63)54-47(58)41-12-10-38(27-45(41)64-39-26-35-15-19-50-46(35)51-30-39)56-22-20-55(21-23-56)31-36-14-18-48(3,4)29-42(36)34-6-8-37(49)9-7-34/h6-13,15,19,26-28,30,32-33,53H,5,14,16-18,20-25,29,31H2,1-4H3,(H,50,51)(H,54,58). The van der Waals surface area contributed by atoms with Crippen LogP contribution in [0.3, 0.4) is 0 Å². The summed E-state index contributed by atoms with van der Waals surface area (Å²) in [5, 5.41) is 17.0. The van der Waals surface area contributed by atoms with Crippen molar-refractivity contribution in [3.8, 4) is 11.5 Å². The highest BCUT2D eigenvalue weighted by molar-refractivity contribution is 7.93.